The van der Waals surface area contributed by atoms with E-state index in [0.29, 0.717) is 25.4 Å². The van der Waals surface area contributed by atoms with Gasteiger partial charge in [-0.3, -0.25) is 9.59 Å². The Bertz CT molecular complexity index is 652. The molecule has 0 radical (unpaired) electrons. The van der Waals surface area contributed by atoms with Crippen LogP contribution in [0, 0.1) is 11.8 Å². The fourth-order valence-corrected chi connectivity index (χ4v) is 3.99. The number of nitrogens with zero attached hydrogens (tertiary/aromatic N) is 1. The van der Waals surface area contributed by atoms with E-state index in [4.69, 9.17) is 4.74 Å². The van der Waals surface area contributed by atoms with Gasteiger partial charge in [-0.2, -0.15) is 0 Å². The highest BCUT2D eigenvalue weighted by Gasteiger charge is 2.35. The molecule has 5 nitrogen and oxygen atoms in total. The molecule has 2 saturated heterocycles. The van der Waals surface area contributed by atoms with E-state index in [1.807, 2.05) is 6.07 Å². The molecule has 24 heavy (non-hydrogen) atoms. The minimum Gasteiger partial charge on any atom is -0.381 e. The Balaban J connectivity index is 1.38. The fraction of sp³-hybridized carbons (Fsp3) is 0.579. The lowest BCUT2D eigenvalue weighted by Gasteiger charge is -2.18. The summed E-state index contributed by atoms with van der Waals surface area (Å²) in [7, 11) is 0. The quantitative estimate of drug-likeness (QED) is 0.915. The minimum atomic E-state index is -0.243. The molecule has 128 valence electrons. The monoisotopic (exact) mass is 328 g/mol. The van der Waals surface area contributed by atoms with Crippen LogP contribution in [0.15, 0.2) is 18.2 Å². The van der Waals surface area contributed by atoms with Crippen LogP contribution in [0.2, 0.25) is 0 Å². The molecule has 1 N–H and O–H groups in total. The molecule has 2 atom stereocenters. The summed E-state index contributed by atoms with van der Waals surface area (Å²) in [5.74, 6) is 0.225. The first-order valence-electron chi connectivity index (χ1n) is 8.98. The number of nitrogens with one attached hydrogen (secondary N) is 1. The highest BCUT2D eigenvalue weighted by molar-refractivity contribution is 6.00. The Labute approximate surface area is 142 Å². The first kappa shape index (κ1) is 15.6. The van der Waals surface area contributed by atoms with Gasteiger partial charge in [0.15, 0.2) is 0 Å². The largest absolute Gasteiger partial charge is 0.381 e. The summed E-state index contributed by atoms with van der Waals surface area (Å²) in [5.41, 5.74) is 3.70. The number of anilines is 1. The average Bonchev–Trinajstić information content (AvgIpc) is 3.32. The maximum Gasteiger partial charge on any atom is 0.227 e. The highest BCUT2D eigenvalue weighted by Crippen LogP contribution is 2.30. The summed E-state index contributed by atoms with van der Waals surface area (Å²) >= 11 is 0. The standard InChI is InChI=1S/C19H24N2O3/c22-18-9-16(19(23)20-10-13-6-7-24-12-13)11-21(18)17-5-4-14-2-1-3-15(14)8-17/h4-5,8,13,16H,1-3,6-7,9-12H2,(H,20,23)/t13-,16+/m0/s1. The number of rotatable bonds is 4. The van der Waals surface area contributed by atoms with Crippen LogP contribution in [-0.2, 0) is 27.2 Å². The number of ether oxygens (including phenoxy) is 1. The van der Waals surface area contributed by atoms with Gasteiger partial charge in [-0.15, -0.1) is 0 Å². The maximum absolute atomic E-state index is 12.4. The van der Waals surface area contributed by atoms with Crippen LogP contribution >= 0.6 is 0 Å². The van der Waals surface area contributed by atoms with Crippen molar-refractivity contribution in [3.63, 3.8) is 0 Å². The van der Waals surface area contributed by atoms with Gasteiger partial charge in [0, 0.05) is 37.7 Å². The number of carbonyl (C=O) groups is 2. The van der Waals surface area contributed by atoms with E-state index in [1.165, 1.54) is 17.5 Å². The van der Waals surface area contributed by atoms with Crippen LogP contribution in [0.5, 0.6) is 0 Å². The summed E-state index contributed by atoms with van der Waals surface area (Å²) in [4.78, 5) is 26.5. The normalized spacial score (nSPS) is 26.0. The molecule has 5 heteroatoms. The first-order chi connectivity index (χ1) is 11.7. The molecule has 0 unspecified atom stereocenters. The second-order valence-electron chi connectivity index (χ2n) is 7.19. The second-order valence-corrected chi connectivity index (χ2v) is 7.19. The van der Waals surface area contributed by atoms with E-state index >= 15 is 0 Å². The number of hydrogen-bond acceptors (Lipinski definition) is 3. The molecule has 2 heterocycles. The molecule has 2 fully saturated rings. The van der Waals surface area contributed by atoms with Gasteiger partial charge < -0.3 is 15.0 Å². The van der Waals surface area contributed by atoms with Gasteiger partial charge in [0.2, 0.25) is 11.8 Å². The van der Waals surface area contributed by atoms with Crippen molar-refractivity contribution in [3.05, 3.63) is 29.3 Å². The summed E-state index contributed by atoms with van der Waals surface area (Å²) in [6, 6.07) is 6.30. The van der Waals surface area contributed by atoms with Crippen LogP contribution in [-0.4, -0.2) is 38.1 Å². The molecular weight excluding hydrogens is 304 g/mol. The lowest BCUT2D eigenvalue weighted by molar-refractivity contribution is -0.126. The van der Waals surface area contributed by atoms with Crippen LogP contribution in [0.3, 0.4) is 0 Å². The molecule has 2 aliphatic heterocycles. The van der Waals surface area contributed by atoms with Crippen LogP contribution in [0.1, 0.15) is 30.4 Å². The number of aryl methyl sites for hydroxylation is 2. The molecule has 3 aliphatic rings. The zero-order chi connectivity index (χ0) is 16.5. The molecule has 1 aromatic rings. The van der Waals surface area contributed by atoms with Crippen LogP contribution in [0.25, 0.3) is 0 Å². The Kier molecular flexibility index (Phi) is 4.27. The van der Waals surface area contributed by atoms with Gasteiger partial charge in [-0.25, -0.2) is 0 Å². The minimum absolute atomic E-state index is 0.00101. The van der Waals surface area contributed by atoms with Crippen molar-refractivity contribution < 1.29 is 14.3 Å². The van der Waals surface area contributed by atoms with Crippen molar-refractivity contribution in [2.24, 2.45) is 11.8 Å². The molecule has 1 aliphatic carbocycles. The van der Waals surface area contributed by atoms with E-state index in [2.05, 4.69) is 17.4 Å². The van der Waals surface area contributed by atoms with E-state index in [1.54, 1.807) is 4.90 Å². The zero-order valence-corrected chi connectivity index (χ0v) is 13.9. The molecular formula is C19H24N2O3. The van der Waals surface area contributed by atoms with Crippen molar-refractivity contribution in [2.75, 3.05) is 31.2 Å². The van der Waals surface area contributed by atoms with Gasteiger partial charge in [0.1, 0.15) is 0 Å². The Morgan fingerprint density at radius 2 is 2.17 bits per heavy atom. The highest BCUT2D eigenvalue weighted by atomic mass is 16.5. The average molecular weight is 328 g/mol. The summed E-state index contributed by atoms with van der Waals surface area (Å²) in [6.07, 6.45) is 4.75. The Hall–Kier alpha value is -1.88. The van der Waals surface area contributed by atoms with Gasteiger partial charge in [-0.05, 0) is 48.9 Å². The fourth-order valence-electron chi connectivity index (χ4n) is 3.99. The molecule has 2 amide bonds. The predicted molar refractivity (Wildman–Crippen MR) is 90.9 cm³/mol. The van der Waals surface area contributed by atoms with E-state index in [9.17, 15) is 9.59 Å². The summed E-state index contributed by atoms with van der Waals surface area (Å²) in [5, 5.41) is 3.00. The van der Waals surface area contributed by atoms with Gasteiger partial charge >= 0.3 is 0 Å². The molecule has 0 saturated carbocycles. The maximum atomic E-state index is 12.4. The van der Waals surface area contributed by atoms with Crippen molar-refractivity contribution in [1.82, 2.24) is 5.32 Å². The number of carbonyl (C=O) groups excluding carboxylic acids is 2. The number of fused-ring (bicyclic) bond motifs is 1. The van der Waals surface area contributed by atoms with Gasteiger partial charge in [-0.1, -0.05) is 6.07 Å². The number of benzene rings is 1. The smallest absolute Gasteiger partial charge is 0.227 e. The van der Waals surface area contributed by atoms with E-state index in [-0.39, 0.29) is 17.7 Å². The molecule has 1 aromatic carbocycles. The van der Waals surface area contributed by atoms with E-state index < -0.39 is 0 Å². The predicted octanol–water partition coefficient (Wildman–Crippen LogP) is 1.68. The number of hydrogen-bond donors (Lipinski definition) is 1. The van der Waals surface area contributed by atoms with Crippen molar-refractivity contribution in [3.8, 4) is 0 Å². The topological polar surface area (TPSA) is 58.6 Å². The molecule has 4 rings (SSSR count). The molecule has 0 aromatic heterocycles. The third-order valence-corrected chi connectivity index (χ3v) is 5.48. The van der Waals surface area contributed by atoms with Crippen molar-refractivity contribution in [2.45, 2.75) is 32.1 Å². The SMILES string of the molecule is O=C(NC[C@@H]1CCOC1)[C@@H]1CC(=O)N(c2ccc3c(c2)CCC3)C1. The lowest BCUT2D eigenvalue weighted by Crippen LogP contribution is -2.36. The second kappa shape index (κ2) is 6.55. The Morgan fingerprint density at radius 1 is 1.29 bits per heavy atom. The summed E-state index contributed by atoms with van der Waals surface area (Å²) < 4.78 is 5.33. The summed E-state index contributed by atoms with van der Waals surface area (Å²) in [6.45, 7) is 2.66. The first-order valence-corrected chi connectivity index (χ1v) is 8.98. The Morgan fingerprint density at radius 3 is 3.00 bits per heavy atom. The lowest BCUT2D eigenvalue weighted by atomic mass is 10.1. The van der Waals surface area contributed by atoms with Gasteiger partial charge in [0.25, 0.3) is 0 Å². The van der Waals surface area contributed by atoms with Crippen molar-refractivity contribution in [1.29, 1.82) is 0 Å². The molecule has 0 bridgehead atoms. The van der Waals surface area contributed by atoms with Crippen LogP contribution in [0.4, 0.5) is 5.69 Å². The number of amides is 2. The third-order valence-electron chi connectivity index (χ3n) is 5.48. The van der Waals surface area contributed by atoms with Crippen LogP contribution < -0.4 is 10.2 Å². The van der Waals surface area contributed by atoms with Gasteiger partial charge in [0.05, 0.1) is 12.5 Å². The van der Waals surface area contributed by atoms with Crippen molar-refractivity contribution >= 4 is 17.5 Å². The zero-order valence-electron chi connectivity index (χ0n) is 13.9. The van der Waals surface area contributed by atoms with E-state index in [0.717, 1.165) is 38.2 Å². The third kappa shape index (κ3) is 3.05. The molecule has 0 spiro atoms.